The third-order valence-electron chi connectivity index (χ3n) is 5.60. The highest BCUT2D eigenvalue weighted by Gasteiger charge is 2.21. The van der Waals surface area contributed by atoms with Gasteiger partial charge in [-0.1, -0.05) is 24.3 Å². The molecule has 1 aliphatic rings. The van der Waals surface area contributed by atoms with Crippen LogP contribution in [0.25, 0.3) is 0 Å². The van der Waals surface area contributed by atoms with Gasteiger partial charge in [0.1, 0.15) is 5.75 Å². The van der Waals surface area contributed by atoms with Crippen LogP contribution in [0.3, 0.4) is 0 Å². The van der Waals surface area contributed by atoms with Crippen molar-refractivity contribution in [2.45, 2.75) is 6.54 Å². The topological polar surface area (TPSA) is 82.3 Å². The summed E-state index contributed by atoms with van der Waals surface area (Å²) >= 11 is 0. The first-order valence-corrected chi connectivity index (χ1v) is 11.0. The minimum absolute atomic E-state index is 0.270. The Labute approximate surface area is 193 Å². The Hall–Kier alpha value is -3.94. The zero-order valence-electron chi connectivity index (χ0n) is 19.0. The third-order valence-corrected chi connectivity index (χ3v) is 5.60. The van der Waals surface area contributed by atoms with Crippen molar-refractivity contribution < 1.29 is 13.9 Å². The van der Waals surface area contributed by atoms with E-state index in [-0.39, 0.29) is 11.7 Å². The first-order valence-electron chi connectivity index (χ1n) is 11.0. The van der Waals surface area contributed by atoms with Crippen molar-refractivity contribution in [2.75, 3.05) is 50.6 Å². The number of hydrogen-bond acceptors (Lipinski definition) is 5. The van der Waals surface area contributed by atoms with E-state index in [0.29, 0.717) is 6.54 Å². The summed E-state index contributed by atoms with van der Waals surface area (Å²) in [5.41, 5.74) is 2.88. The number of hydrogen-bond donors (Lipinski definition) is 2. The predicted octanol–water partition coefficient (Wildman–Crippen LogP) is 3.44. The number of furan rings is 1. The Morgan fingerprint density at radius 1 is 1.06 bits per heavy atom. The van der Waals surface area contributed by atoms with Crippen LogP contribution in [0.15, 0.2) is 76.3 Å². The molecule has 1 aliphatic heterocycles. The molecule has 0 bridgehead atoms. The largest absolute Gasteiger partial charge is 0.495 e. The number of carbonyl (C=O) groups excluding carboxylic acids is 1. The lowest BCUT2D eigenvalue weighted by Gasteiger charge is -2.38. The maximum atomic E-state index is 12.2. The van der Waals surface area contributed by atoms with E-state index in [1.165, 1.54) is 6.26 Å². The molecule has 0 unspecified atom stereocenters. The van der Waals surface area contributed by atoms with Gasteiger partial charge in [0.25, 0.3) is 5.91 Å². The number of piperazine rings is 1. The number of guanidine groups is 1. The van der Waals surface area contributed by atoms with E-state index in [1.54, 1.807) is 26.3 Å². The van der Waals surface area contributed by atoms with Crippen LogP contribution in [0.5, 0.6) is 5.75 Å². The Kier molecular flexibility index (Phi) is 7.14. The molecule has 0 spiro atoms. The first kappa shape index (κ1) is 22.3. The molecule has 1 amide bonds. The molecular weight excluding hydrogens is 418 g/mol. The van der Waals surface area contributed by atoms with Gasteiger partial charge in [0.2, 0.25) is 0 Å². The Balaban J connectivity index is 1.32. The third kappa shape index (κ3) is 5.46. The van der Waals surface area contributed by atoms with Crippen molar-refractivity contribution in [1.82, 2.24) is 10.2 Å². The molecule has 2 N–H and O–H groups in total. The molecule has 4 rings (SSSR count). The summed E-state index contributed by atoms with van der Waals surface area (Å²) in [5.74, 6) is 1.77. The normalized spacial score (nSPS) is 14.2. The second kappa shape index (κ2) is 10.6. The number of nitrogens with one attached hydrogen (secondary N) is 2. The SMILES string of the molecule is CN=C(NCc1cccc(NC(=O)c2ccco2)c1)N1CCN(c2ccccc2OC)CC1. The minimum atomic E-state index is -0.270. The molecule has 33 heavy (non-hydrogen) atoms. The van der Waals surface area contributed by atoms with Gasteiger partial charge in [-0.25, -0.2) is 0 Å². The van der Waals surface area contributed by atoms with Gasteiger partial charge in [0.05, 0.1) is 19.1 Å². The number of methoxy groups -OCH3 is 1. The van der Waals surface area contributed by atoms with Crippen LogP contribution in [-0.4, -0.2) is 57.1 Å². The molecule has 0 atom stereocenters. The van der Waals surface area contributed by atoms with Gasteiger partial charge in [0.15, 0.2) is 11.7 Å². The molecule has 2 aromatic carbocycles. The van der Waals surface area contributed by atoms with Gasteiger partial charge >= 0.3 is 0 Å². The number of benzene rings is 2. The summed E-state index contributed by atoms with van der Waals surface area (Å²) in [5, 5.41) is 6.30. The zero-order valence-corrected chi connectivity index (χ0v) is 19.0. The van der Waals surface area contributed by atoms with E-state index < -0.39 is 0 Å². The molecule has 3 aromatic rings. The fourth-order valence-electron chi connectivity index (χ4n) is 3.92. The van der Waals surface area contributed by atoms with Crippen LogP contribution < -0.4 is 20.3 Å². The summed E-state index contributed by atoms with van der Waals surface area (Å²) < 4.78 is 10.7. The van der Waals surface area contributed by atoms with Crippen molar-refractivity contribution in [1.29, 1.82) is 0 Å². The number of carbonyl (C=O) groups is 1. The van der Waals surface area contributed by atoms with E-state index in [4.69, 9.17) is 9.15 Å². The summed E-state index contributed by atoms with van der Waals surface area (Å²) in [6.07, 6.45) is 1.48. The van der Waals surface area contributed by atoms with E-state index in [9.17, 15) is 4.79 Å². The lowest BCUT2D eigenvalue weighted by atomic mass is 10.2. The second-order valence-electron chi connectivity index (χ2n) is 7.68. The number of para-hydroxylation sites is 2. The highest BCUT2D eigenvalue weighted by molar-refractivity contribution is 6.02. The number of amides is 1. The van der Waals surface area contributed by atoms with Crippen molar-refractivity contribution in [2.24, 2.45) is 4.99 Å². The fraction of sp³-hybridized carbons (Fsp3) is 0.280. The molecule has 0 radical (unpaired) electrons. The predicted molar refractivity (Wildman–Crippen MR) is 130 cm³/mol. The number of ether oxygens (including phenoxy) is 1. The summed E-state index contributed by atoms with van der Waals surface area (Å²) in [6.45, 7) is 4.09. The Bertz CT molecular complexity index is 1090. The Morgan fingerprint density at radius 2 is 1.88 bits per heavy atom. The summed E-state index contributed by atoms with van der Waals surface area (Å²) in [6, 6.07) is 19.2. The lowest BCUT2D eigenvalue weighted by molar-refractivity contribution is 0.0996. The molecule has 8 nitrogen and oxygen atoms in total. The van der Waals surface area contributed by atoms with Crippen molar-refractivity contribution in [3.8, 4) is 5.75 Å². The van der Waals surface area contributed by atoms with Crippen LogP contribution in [0.4, 0.5) is 11.4 Å². The van der Waals surface area contributed by atoms with Crippen molar-refractivity contribution in [3.05, 3.63) is 78.3 Å². The average Bonchev–Trinajstić information content (AvgIpc) is 3.40. The molecule has 1 saturated heterocycles. The van der Waals surface area contributed by atoms with Gasteiger partial charge in [0, 0.05) is 45.5 Å². The lowest BCUT2D eigenvalue weighted by Crippen LogP contribution is -2.52. The molecule has 172 valence electrons. The number of nitrogens with zero attached hydrogens (tertiary/aromatic N) is 3. The zero-order chi connectivity index (χ0) is 23.0. The first-order chi connectivity index (χ1) is 16.2. The van der Waals surface area contributed by atoms with Gasteiger partial charge in [-0.2, -0.15) is 0 Å². The van der Waals surface area contributed by atoms with Crippen LogP contribution in [0, 0.1) is 0 Å². The molecule has 1 fully saturated rings. The summed E-state index contributed by atoms with van der Waals surface area (Å²) in [4.78, 5) is 21.3. The van der Waals surface area contributed by atoms with E-state index >= 15 is 0 Å². The van der Waals surface area contributed by atoms with Gasteiger partial charge < -0.3 is 29.6 Å². The number of rotatable bonds is 6. The quantitative estimate of drug-likeness (QED) is 0.445. The number of anilines is 2. The molecular formula is C25H29N5O3. The van der Waals surface area contributed by atoms with Gasteiger partial charge in [-0.05, 0) is 42.0 Å². The molecule has 1 aromatic heterocycles. The standard InChI is InChI=1S/C25H29N5O3/c1-26-25(30-14-12-29(13-15-30)21-9-3-4-10-22(21)32-2)27-18-19-7-5-8-20(17-19)28-24(31)23-11-6-16-33-23/h3-11,16-17H,12-15,18H2,1-2H3,(H,26,27)(H,28,31). The average molecular weight is 448 g/mol. The molecule has 0 aliphatic carbocycles. The molecule has 2 heterocycles. The van der Waals surface area contributed by atoms with Crippen LogP contribution in [0.1, 0.15) is 16.1 Å². The molecule has 8 heteroatoms. The van der Waals surface area contributed by atoms with Crippen LogP contribution in [0.2, 0.25) is 0 Å². The minimum Gasteiger partial charge on any atom is -0.495 e. The van der Waals surface area contributed by atoms with Crippen molar-refractivity contribution in [3.63, 3.8) is 0 Å². The highest BCUT2D eigenvalue weighted by Crippen LogP contribution is 2.28. The van der Waals surface area contributed by atoms with Crippen LogP contribution >= 0.6 is 0 Å². The number of aliphatic imine (C=N–C) groups is 1. The smallest absolute Gasteiger partial charge is 0.291 e. The second-order valence-corrected chi connectivity index (χ2v) is 7.68. The van der Waals surface area contributed by atoms with E-state index in [1.807, 2.05) is 42.5 Å². The summed E-state index contributed by atoms with van der Waals surface area (Å²) in [7, 11) is 3.51. The van der Waals surface area contributed by atoms with Crippen LogP contribution in [-0.2, 0) is 6.54 Å². The Morgan fingerprint density at radius 3 is 2.61 bits per heavy atom. The van der Waals surface area contributed by atoms with Gasteiger partial charge in [-0.3, -0.25) is 9.79 Å². The van der Waals surface area contributed by atoms with Gasteiger partial charge in [-0.15, -0.1) is 0 Å². The molecule has 0 saturated carbocycles. The highest BCUT2D eigenvalue weighted by atomic mass is 16.5. The van der Waals surface area contributed by atoms with Crippen molar-refractivity contribution >= 4 is 23.2 Å². The maximum Gasteiger partial charge on any atom is 0.291 e. The van der Waals surface area contributed by atoms with E-state index in [2.05, 4.69) is 31.5 Å². The maximum absolute atomic E-state index is 12.2. The monoisotopic (exact) mass is 447 g/mol. The fourth-order valence-corrected chi connectivity index (χ4v) is 3.92. The van der Waals surface area contributed by atoms with E-state index in [0.717, 1.165) is 54.8 Å².